The number of aromatic nitrogens is 1. The van der Waals surface area contributed by atoms with Crippen LogP contribution in [0, 0.1) is 0 Å². The number of amides is 1. The maximum Gasteiger partial charge on any atom is 0.251 e. The van der Waals surface area contributed by atoms with Crippen molar-refractivity contribution in [2.45, 2.75) is 63.6 Å². The number of pyridine rings is 1. The molecule has 3 aromatic rings. The average Bonchev–Trinajstić information content (AvgIpc) is 2.96. The Kier molecular flexibility index (Phi) is 9.41. The van der Waals surface area contributed by atoms with E-state index in [0.29, 0.717) is 29.4 Å². The van der Waals surface area contributed by atoms with Gasteiger partial charge in [0.2, 0.25) is 15.9 Å². The van der Waals surface area contributed by atoms with Crippen molar-refractivity contribution in [3.05, 3.63) is 78.0 Å². The lowest BCUT2D eigenvalue weighted by Crippen LogP contribution is -2.38. The second-order valence-corrected chi connectivity index (χ2v) is 12.8. The topological polar surface area (TPSA) is 113 Å². The molecule has 5 rings (SSSR count). The molecule has 1 saturated carbocycles. The van der Waals surface area contributed by atoms with Gasteiger partial charge in [-0.3, -0.25) is 14.4 Å². The van der Waals surface area contributed by atoms with Crippen LogP contribution in [-0.4, -0.2) is 55.6 Å². The number of piperidine rings is 1. The second-order valence-electron chi connectivity index (χ2n) is 11.1. The van der Waals surface area contributed by atoms with E-state index in [0.717, 1.165) is 68.4 Å². The molecular formula is C31H39N5O4S. The minimum Gasteiger partial charge on any atom is -0.439 e. The van der Waals surface area contributed by atoms with Gasteiger partial charge < -0.3 is 15.4 Å². The van der Waals surface area contributed by atoms with E-state index in [2.05, 4.69) is 25.2 Å². The van der Waals surface area contributed by atoms with Crippen molar-refractivity contribution >= 4 is 27.3 Å². The van der Waals surface area contributed by atoms with Crippen LogP contribution in [0.25, 0.3) is 0 Å². The summed E-state index contributed by atoms with van der Waals surface area (Å²) < 4.78 is 30.9. The predicted molar refractivity (Wildman–Crippen MR) is 162 cm³/mol. The molecule has 218 valence electrons. The number of benzene rings is 2. The molecule has 0 bridgehead atoms. The van der Waals surface area contributed by atoms with Crippen molar-refractivity contribution in [2.75, 3.05) is 29.4 Å². The van der Waals surface area contributed by atoms with E-state index < -0.39 is 10.0 Å². The van der Waals surface area contributed by atoms with Crippen molar-refractivity contribution in [3.8, 4) is 11.6 Å². The van der Waals surface area contributed by atoms with E-state index in [1.165, 1.54) is 19.3 Å². The number of nitrogens with zero attached hydrogens (tertiary/aromatic N) is 2. The van der Waals surface area contributed by atoms with Gasteiger partial charge in [0.1, 0.15) is 5.75 Å². The van der Waals surface area contributed by atoms with E-state index in [1.807, 2.05) is 42.6 Å². The number of hydrogen-bond donors (Lipinski definition) is 3. The van der Waals surface area contributed by atoms with Crippen LogP contribution in [0.15, 0.2) is 66.9 Å². The second kappa shape index (κ2) is 13.4. The molecule has 0 unspecified atom stereocenters. The van der Waals surface area contributed by atoms with Gasteiger partial charge in [-0.2, -0.15) is 0 Å². The van der Waals surface area contributed by atoms with Crippen LogP contribution < -0.4 is 20.1 Å². The monoisotopic (exact) mass is 577 g/mol. The lowest BCUT2D eigenvalue weighted by molar-refractivity contribution is 0.0927. The number of rotatable bonds is 10. The molecule has 2 fully saturated rings. The smallest absolute Gasteiger partial charge is 0.251 e. The number of carbonyl (C=O) groups is 1. The number of hydrogen-bond acceptors (Lipinski definition) is 7. The van der Waals surface area contributed by atoms with Crippen molar-refractivity contribution in [3.63, 3.8) is 0 Å². The Morgan fingerprint density at radius 3 is 2.20 bits per heavy atom. The van der Waals surface area contributed by atoms with Crippen LogP contribution in [0.4, 0.5) is 11.4 Å². The number of anilines is 2. The summed E-state index contributed by atoms with van der Waals surface area (Å²) in [7, 11) is -3.31. The molecule has 1 aliphatic carbocycles. The Balaban J connectivity index is 1.04. The van der Waals surface area contributed by atoms with Crippen LogP contribution in [0.2, 0.25) is 0 Å². The zero-order valence-electron chi connectivity index (χ0n) is 23.5. The third-order valence-corrected chi connectivity index (χ3v) is 8.24. The lowest BCUT2D eigenvalue weighted by atomic mass is 9.95. The molecule has 0 radical (unpaired) electrons. The first-order valence-electron chi connectivity index (χ1n) is 14.4. The fourth-order valence-corrected chi connectivity index (χ4v) is 6.02. The molecule has 10 heteroatoms. The Morgan fingerprint density at radius 2 is 1.56 bits per heavy atom. The molecule has 0 spiro atoms. The largest absolute Gasteiger partial charge is 0.439 e. The summed E-state index contributed by atoms with van der Waals surface area (Å²) in [5, 5.41) is 6.82. The minimum absolute atomic E-state index is 0.0315. The molecule has 2 heterocycles. The highest BCUT2D eigenvalue weighted by Crippen LogP contribution is 2.24. The van der Waals surface area contributed by atoms with E-state index in [1.54, 1.807) is 24.3 Å². The Bertz CT molecular complexity index is 1380. The molecule has 1 aromatic heterocycles. The first-order valence-corrected chi connectivity index (χ1v) is 16.3. The standard InChI is InChI=1S/C31H39N5O4S/c1-41(38,39)35-28-12-14-29(15-13-28)40-30-16-7-23(21-32-30)22-36-19-17-27(18-20-36)33-26-10-8-24(9-11-26)31(37)34-25-5-3-2-4-6-25/h7-16,21,25,27,33,35H,2-6,17-20,22H2,1H3,(H,34,37). The highest BCUT2D eigenvalue weighted by atomic mass is 32.2. The van der Waals surface area contributed by atoms with Crippen LogP contribution in [0.1, 0.15) is 60.9 Å². The third-order valence-electron chi connectivity index (χ3n) is 7.63. The molecule has 2 aromatic carbocycles. The van der Waals surface area contributed by atoms with Gasteiger partial charge in [0.15, 0.2) is 0 Å². The summed E-state index contributed by atoms with van der Waals surface area (Å²) >= 11 is 0. The normalized spacial score (nSPS) is 17.1. The SMILES string of the molecule is CS(=O)(=O)Nc1ccc(Oc2ccc(CN3CCC(Nc4ccc(C(=O)NC5CCCCC5)cc4)CC3)cn2)cc1. The maximum atomic E-state index is 12.6. The lowest BCUT2D eigenvalue weighted by Gasteiger charge is -2.32. The predicted octanol–water partition coefficient (Wildman–Crippen LogP) is 5.38. The number of likely N-dealkylation sites (tertiary alicyclic amines) is 1. The Labute approximate surface area is 242 Å². The zero-order chi connectivity index (χ0) is 28.7. The fourth-order valence-electron chi connectivity index (χ4n) is 5.45. The van der Waals surface area contributed by atoms with E-state index >= 15 is 0 Å². The number of sulfonamides is 1. The van der Waals surface area contributed by atoms with Crippen LogP contribution in [0.5, 0.6) is 11.6 Å². The minimum atomic E-state index is -3.31. The van der Waals surface area contributed by atoms with E-state index in [-0.39, 0.29) is 5.91 Å². The van der Waals surface area contributed by atoms with Crippen LogP contribution >= 0.6 is 0 Å². The molecular weight excluding hydrogens is 538 g/mol. The first kappa shape index (κ1) is 28.9. The molecule has 2 aliphatic rings. The summed E-state index contributed by atoms with van der Waals surface area (Å²) in [6, 6.07) is 19.2. The highest BCUT2D eigenvalue weighted by molar-refractivity contribution is 7.92. The van der Waals surface area contributed by atoms with Crippen molar-refractivity contribution in [1.82, 2.24) is 15.2 Å². The first-order chi connectivity index (χ1) is 19.8. The average molecular weight is 578 g/mol. The van der Waals surface area contributed by atoms with Gasteiger partial charge in [-0.1, -0.05) is 25.3 Å². The number of carbonyl (C=O) groups excluding carboxylic acids is 1. The maximum absolute atomic E-state index is 12.6. The third kappa shape index (κ3) is 8.93. The molecule has 41 heavy (non-hydrogen) atoms. The van der Waals surface area contributed by atoms with Gasteiger partial charge in [-0.15, -0.1) is 0 Å². The highest BCUT2D eigenvalue weighted by Gasteiger charge is 2.20. The van der Waals surface area contributed by atoms with Gasteiger partial charge in [-0.05, 0) is 79.8 Å². The molecule has 0 atom stereocenters. The van der Waals surface area contributed by atoms with Gasteiger partial charge in [-0.25, -0.2) is 13.4 Å². The van der Waals surface area contributed by atoms with Crippen molar-refractivity contribution in [1.29, 1.82) is 0 Å². The molecule has 1 aliphatic heterocycles. The molecule has 1 amide bonds. The zero-order valence-corrected chi connectivity index (χ0v) is 24.3. The van der Waals surface area contributed by atoms with Crippen LogP contribution in [0.3, 0.4) is 0 Å². The van der Waals surface area contributed by atoms with Crippen LogP contribution in [-0.2, 0) is 16.6 Å². The van der Waals surface area contributed by atoms with E-state index in [9.17, 15) is 13.2 Å². The number of ether oxygens (including phenoxy) is 1. The Hall–Kier alpha value is -3.63. The van der Waals surface area contributed by atoms with Gasteiger partial charge in [0, 0.05) is 60.9 Å². The number of nitrogens with one attached hydrogen (secondary N) is 3. The summed E-state index contributed by atoms with van der Waals surface area (Å²) in [5.41, 5.74) is 3.38. The Morgan fingerprint density at radius 1 is 0.878 bits per heavy atom. The summed E-state index contributed by atoms with van der Waals surface area (Å²) in [4.78, 5) is 19.5. The fraction of sp³-hybridized carbons (Fsp3) is 0.419. The van der Waals surface area contributed by atoms with Crippen molar-refractivity contribution in [2.24, 2.45) is 0 Å². The summed E-state index contributed by atoms with van der Waals surface area (Å²) in [5.74, 6) is 1.10. The van der Waals surface area contributed by atoms with Gasteiger partial charge >= 0.3 is 0 Å². The molecule has 9 nitrogen and oxygen atoms in total. The molecule has 3 N–H and O–H groups in total. The van der Waals surface area contributed by atoms with Gasteiger partial charge in [0.25, 0.3) is 5.91 Å². The summed E-state index contributed by atoms with van der Waals surface area (Å²) in [6.45, 7) is 2.81. The van der Waals surface area contributed by atoms with Crippen molar-refractivity contribution < 1.29 is 17.9 Å². The quantitative estimate of drug-likeness (QED) is 0.296. The molecule has 1 saturated heterocycles. The van der Waals surface area contributed by atoms with E-state index in [4.69, 9.17) is 4.74 Å². The van der Waals surface area contributed by atoms with Gasteiger partial charge in [0.05, 0.1) is 6.26 Å². The summed E-state index contributed by atoms with van der Waals surface area (Å²) in [6.07, 6.45) is 10.9.